The van der Waals surface area contributed by atoms with Gasteiger partial charge in [-0.2, -0.15) is 0 Å². The van der Waals surface area contributed by atoms with Crippen LogP contribution in [0.15, 0.2) is 24.3 Å². The van der Waals surface area contributed by atoms with E-state index >= 15 is 0 Å². The molecule has 3 rings (SSSR count). The monoisotopic (exact) mass is 290 g/mol. The molecular weight excluding hydrogens is 271 g/mol. The van der Waals surface area contributed by atoms with E-state index < -0.39 is 0 Å². The number of aromatic nitrogens is 1. The molecule has 1 unspecified atom stereocenters. The van der Waals surface area contributed by atoms with Gasteiger partial charge in [0, 0.05) is 10.9 Å². The zero-order valence-corrected chi connectivity index (χ0v) is 12.6. The average Bonchev–Trinajstić information content (AvgIpc) is 3.18. The minimum atomic E-state index is -0.186. The van der Waals surface area contributed by atoms with E-state index in [9.17, 15) is 4.39 Å². The van der Waals surface area contributed by atoms with E-state index in [1.165, 1.54) is 23.8 Å². The van der Waals surface area contributed by atoms with Gasteiger partial charge in [0.2, 0.25) is 0 Å². The molecule has 1 heterocycles. The van der Waals surface area contributed by atoms with Crippen LogP contribution in [0.2, 0.25) is 0 Å². The highest BCUT2D eigenvalue weighted by Crippen LogP contribution is 2.32. The first-order valence-corrected chi connectivity index (χ1v) is 7.96. The van der Waals surface area contributed by atoms with Crippen molar-refractivity contribution in [3.8, 4) is 0 Å². The molecule has 1 aromatic heterocycles. The number of aryl methyl sites for hydroxylation is 2. The molecule has 1 atom stereocenters. The predicted molar refractivity (Wildman–Crippen MR) is 80.6 cm³/mol. The number of rotatable bonds is 5. The van der Waals surface area contributed by atoms with E-state index in [1.54, 1.807) is 23.5 Å². The van der Waals surface area contributed by atoms with Gasteiger partial charge in [0.05, 0.1) is 11.7 Å². The minimum absolute atomic E-state index is 0.0159. The molecule has 106 valence electrons. The Morgan fingerprint density at radius 2 is 2.25 bits per heavy atom. The van der Waals surface area contributed by atoms with Crippen LogP contribution >= 0.6 is 11.3 Å². The van der Waals surface area contributed by atoms with Gasteiger partial charge in [-0.25, -0.2) is 9.37 Å². The Bertz CT molecular complexity index is 604. The van der Waals surface area contributed by atoms with Gasteiger partial charge in [-0.05, 0) is 43.9 Å². The summed E-state index contributed by atoms with van der Waals surface area (Å²) in [7, 11) is 0. The van der Waals surface area contributed by atoms with E-state index in [4.69, 9.17) is 4.98 Å². The number of benzene rings is 1. The van der Waals surface area contributed by atoms with Gasteiger partial charge >= 0.3 is 0 Å². The first-order chi connectivity index (χ1) is 9.67. The maximum absolute atomic E-state index is 13.5. The second-order valence-electron chi connectivity index (χ2n) is 5.34. The first kappa shape index (κ1) is 13.7. The number of thiazole rings is 1. The van der Waals surface area contributed by atoms with E-state index in [2.05, 4.69) is 19.2 Å². The lowest BCUT2D eigenvalue weighted by Crippen LogP contribution is -2.24. The number of nitrogens with one attached hydrogen (secondary N) is 1. The van der Waals surface area contributed by atoms with Crippen molar-refractivity contribution in [3.05, 3.63) is 51.2 Å². The highest BCUT2D eigenvalue weighted by molar-refractivity contribution is 7.11. The van der Waals surface area contributed by atoms with Gasteiger partial charge in [0.25, 0.3) is 0 Å². The molecule has 0 radical (unpaired) electrons. The fourth-order valence-corrected chi connectivity index (χ4v) is 3.48. The lowest BCUT2D eigenvalue weighted by atomic mass is 10.1. The Labute approximate surface area is 123 Å². The molecule has 0 saturated heterocycles. The van der Waals surface area contributed by atoms with E-state index in [0.717, 1.165) is 22.7 Å². The summed E-state index contributed by atoms with van der Waals surface area (Å²) in [5.74, 6) is -0.186. The SMILES string of the molecule is CCc1nc(C(NC2CC2)c2cccc(F)c2)sc1C. The molecule has 20 heavy (non-hydrogen) atoms. The highest BCUT2D eigenvalue weighted by Gasteiger charge is 2.28. The molecule has 1 aliphatic carbocycles. The number of halogens is 1. The van der Waals surface area contributed by atoms with Crippen LogP contribution in [0, 0.1) is 12.7 Å². The minimum Gasteiger partial charge on any atom is -0.301 e. The van der Waals surface area contributed by atoms with Crippen LogP contribution in [0.25, 0.3) is 0 Å². The van der Waals surface area contributed by atoms with Crippen LogP contribution in [0.4, 0.5) is 4.39 Å². The van der Waals surface area contributed by atoms with Crippen molar-refractivity contribution in [2.45, 2.75) is 45.2 Å². The van der Waals surface area contributed by atoms with E-state index in [-0.39, 0.29) is 11.9 Å². The molecule has 2 aromatic rings. The van der Waals surface area contributed by atoms with Crippen molar-refractivity contribution in [1.82, 2.24) is 10.3 Å². The molecular formula is C16H19FN2S. The summed E-state index contributed by atoms with van der Waals surface area (Å²) >= 11 is 1.72. The maximum Gasteiger partial charge on any atom is 0.123 e. The number of hydrogen-bond donors (Lipinski definition) is 1. The average molecular weight is 290 g/mol. The van der Waals surface area contributed by atoms with Crippen LogP contribution in [0.5, 0.6) is 0 Å². The molecule has 0 amide bonds. The fraction of sp³-hybridized carbons (Fsp3) is 0.438. The Hall–Kier alpha value is -1.26. The van der Waals surface area contributed by atoms with Gasteiger partial charge in [-0.3, -0.25) is 0 Å². The van der Waals surface area contributed by atoms with Crippen LogP contribution < -0.4 is 5.32 Å². The molecule has 0 aliphatic heterocycles. The first-order valence-electron chi connectivity index (χ1n) is 7.15. The molecule has 1 fully saturated rings. The molecule has 1 aliphatic rings. The third-order valence-corrected chi connectivity index (χ3v) is 4.73. The lowest BCUT2D eigenvalue weighted by Gasteiger charge is -2.16. The maximum atomic E-state index is 13.5. The number of nitrogens with zero attached hydrogens (tertiary/aromatic N) is 1. The van der Waals surface area contributed by atoms with Crippen LogP contribution in [0.3, 0.4) is 0 Å². The summed E-state index contributed by atoms with van der Waals surface area (Å²) in [5, 5.41) is 4.65. The van der Waals surface area contributed by atoms with E-state index in [1.807, 2.05) is 6.07 Å². The molecule has 1 N–H and O–H groups in total. The molecule has 2 nitrogen and oxygen atoms in total. The molecule has 1 aromatic carbocycles. The van der Waals surface area contributed by atoms with Crippen molar-refractivity contribution in [2.24, 2.45) is 0 Å². The quantitative estimate of drug-likeness (QED) is 0.900. The summed E-state index contributed by atoms with van der Waals surface area (Å²) in [6.07, 6.45) is 3.36. The highest BCUT2D eigenvalue weighted by atomic mass is 32.1. The zero-order valence-electron chi connectivity index (χ0n) is 11.8. The Morgan fingerprint density at radius 1 is 1.45 bits per heavy atom. The van der Waals surface area contributed by atoms with Gasteiger partial charge < -0.3 is 5.32 Å². The van der Waals surface area contributed by atoms with Gasteiger partial charge in [0.1, 0.15) is 10.8 Å². The smallest absolute Gasteiger partial charge is 0.123 e. The number of hydrogen-bond acceptors (Lipinski definition) is 3. The second-order valence-corrected chi connectivity index (χ2v) is 6.57. The second kappa shape index (κ2) is 5.62. The normalized spacial score (nSPS) is 16.4. The van der Waals surface area contributed by atoms with Crippen LogP contribution in [-0.4, -0.2) is 11.0 Å². The van der Waals surface area contributed by atoms with Gasteiger partial charge in [-0.15, -0.1) is 11.3 Å². The van der Waals surface area contributed by atoms with Crippen molar-refractivity contribution in [1.29, 1.82) is 0 Å². The summed E-state index contributed by atoms with van der Waals surface area (Å²) in [4.78, 5) is 6.01. The standard InChI is InChI=1S/C16H19FN2S/c1-3-14-10(2)20-16(19-14)15(18-13-7-8-13)11-5-4-6-12(17)9-11/h4-6,9,13,15,18H,3,7-8H2,1-2H3. The predicted octanol–water partition coefficient (Wildman–Crippen LogP) is 3.99. The molecule has 1 saturated carbocycles. The molecule has 4 heteroatoms. The van der Waals surface area contributed by atoms with Crippen LogP contribution in [-0.2, 0) is 6.42 Å². The molecule has 0 bridgehead atoms. The Kier molecular flexibility index (Phi) is 3.85. The van der Waals surface area contributed by atoms with Crippen LogP contribution in [0.1, 0.15) is 46.9 Å². The van der Waals surface area contributed by atoms with Crippen molar-refractivity contribution in [3.63, 3.8) is 0 Å². The lowest BCUT2D eigenvalue weighted by molar-refractivity contribution is 0.583. The third-order valence-electron chi connectivity index (χ3n) is 3.65. The largest absolute Gasteiger partial charge is 0.301 e. The van der Waals surface area contributed by atoms with Crippen molar-refractivity contribution < 1.29 is 4.39 Å². The Balaban J connectivity index is 1.96. The fourth-order valence-electron chi connectivity index (χ4n) is 2.38. The summed E-state index contributed by atoms with van der Waals surface area (Å²) in [5.41, 5.74) is 2.12. The van der Waals surface area contributed by atoms with Crippen molar-refractivity contribution in [2.75, 3.05) is 0 Å². The van der Waals surface area contributed by atoms with Gasteiger partial charge in [0.15, 0.2) is 0 Å². The zero-order chi connectivity index (χ0) is 14.1. The summed E-state index contributed by atoms with van der Waals surface area (Å²) < 4.78 is 13.5. The van der Waals surface area contributed by atoms with Gasteiger partial charge in [-0.1, -0.05) is 19.1 Å². The Morgan fingerprint density at radius 3 is 2.85 bits per heavy atom. The molecule has 0 spiro atoms. The van der Waals surface area contributed by atoms with E-state index in [0.29, 0.717) is 6.04 Å². The third kappa shape index (κ3) is 2.91. The summed E-state index contributed by atoms with van der Waals surface area (Å²) in [6, 6.07) is 7.42. The van der Waals surface area contributed by atoms with Crippen molar-refractivity contribution >= 4 is 11.3 Å². The topological polar surface area (TPSA) is 24.9 Å². The summed E-state index contributed by atoms with van der Waals surface area (Å²) in [6.45, 7) is 4.23.